The lowest BCUT2D eigenvalue weighted by Crippen LogP contribution is -2.31. The molecule has 0 fully saturated rings. The van der Waals surface area contributed by atoms with Crippen molar-refractivity contribution in [1.29, 1.82) is 0 Å². The molecule has 0 aliphatic carbocycles. The molecule has 132 valence electrons. The lowest BCUT2D eigenvalue weighted by atomic mass is 10.0. The number of anilines is 2. The Morgan fingerprint density at radius 2 is 2.15 bits per heavy atom. The molecule has 0 radical (unpaired) electrons. The number of halogens is 2. The zero-order valence-corrected chi connectivity index (χ0v) is 16.3. The Hall–Kier alpha value is -2.31. The third kappa shape index (κ3) is 2.89. The Balaban J connectivity index is 1.92. The van der Waals surface area contributed by atoms with Crippen molar-refractivity contribution >= 4 is 44.8 Å². The first-order chi connectivity index (χ1) is 12.6. The minimum Gasteiger partial charge on any atom is -0.356 e. The van der Waals surface area contributed by atoms with Crippen LogP contribution in [0.25, 0.3) is 11.3 Å². The smallest absolute Gasteiger partial charge is 0.255 e. The van der Waals surface area contributed by atoms with Crippen LogP contribution < -0.4 is 10.6 Å². The Labute approximate surface area is 164 Å². The van der Waals surface area contributed by atoms with E-state index in [0.717, 1.165) is 44.8 Å². The fraction of sp³-hybridized carbons (Fsp3) is 0.158. The number of hydrogen-bond acceptors (Lipinski definition) is 3. The van der Waals surface area contributed by atoms with Crippen LogP contribution in [0.5, 0.6) is 0 Å². The van der Waals surface area contributed by atoms with Crippen molar-refractivity contribution in [3.05, 3.63) is 63.0 Å². The fourth-order valence-corrected chi connectivity index (χ4v) is 3.78. The van der Waals surface area contributed by atoms with Crippen LogP contribution in [0, 0.1) is 6.92 Å². The molecule has 0 bridgehead atoms. The van der Waals surface area contributed by atoms with Crippen LogP contribution in [-0.2, 0) is 6.42 Å². The average molecular weight is 432 g/mol. The molecule has 0 unspecified atom stereocenters. The molecule has 1 aliphatic heterocycles. The highest BCUT2D eigenvalue weighted by molar-refractivity contribution is 9.10. The second kappa shape index (κ2) is 6.78. The van der Waals surface area contributed by atoms with E-state index < -0.39 is 0 Å². The van der Waals surface area contributed by atoms with Gasteiger partial charge in [-0.1, -0.05) is 17.7 Å². The number of pyridine rings is 1. The normalized spacial score (nSPS) is 13.3. The molecule has 1 amide bonds. The highest BCUT2D eigenvalue weighted by Crippen LogP contribution is 2.40. The Morgan fingerprint density at radius 3 is 2.96 bits per heavy atom. The van der Waals surface area contributed by atoms with Crippen LogP contribution in [0.3, 0.4) is 0 Å². The molecule has 2 aromatic heterocycles. The van der Waals surface area contributed by atoms with Crippen LogP contribution in [0.4, 0.5) is 11.4 Å². The van der Waals surface area contributed by atoms with Gasteiger partial charge in [-0.15, -0.1) is 0 Å². The quantitative estimate of drug-likeness (QED) is 0.556. The zero-order chi connectivity index (χ0) is 18.3. The second-order valence-electron chi connectivity index (χ2n) is 6.13. The van der Waals surface area contributed by atoms with E-state index in [1.165, 1.54) is 0 Å². The first kappa shape index (κ1) is 17.1. The molecule has 0 spiro atoms. The number of benzene rings is 1. The predicted octanol–water partition coefficient (Wildman–Crippen LogP) is 4.83. The molecular formula is C19H16BrClN4O. The van der Waals surface area contributed by atoms with Crippen LogP contribution in [-0.4, -0.2) is 22.4 Å². The lowest BCUT2D eigenvalue weighted by Gasteiger charge is -2.16. The zero-order valence-electron chi connectivity index (χ0n) is 14.0. The number of aromatic nitrogens is 2. The lowest BCUT2D eigenvalue weighted by molar-refractivity contribution is 0.0947. The van der Waals surface area contributed by atoms with Crippen LogP contribution in [0.2, 0.25) is 5.02 Å². The molecule has 7 heteroatoms. The highest BCUT2D eigenvalue weighted by atomic mass is 79.9. The fourth-order valence-electron chi connectivity index (χ4n) is 3.16. The summed E-state index contributed by atoms with van der Waals surface area (Å²) in [7, 11) is 0. The number of fused-ring (bicyclic) bond motifs is 1. The number of carbonyl (C=O) groups excluding carboxylic acids is 1. The van der Waals surface area contributed by atoms with Crippen molar-refractivity contribution in [2.45, 2.75) is 13.3 Å². The van der Waals surface area contributed by atoms with E-state index in [0.29, 0.717) is 17.1 Å². The summed E-state index contributed by atoms with van der Waals surface area (Å²) in [5.41, 5.74) is 5.90. The van der Waals surface area contributed by atoms with Gasteiger partial charge < -0.3 is 15.6 Å². The van der Waals surface area contributed by atoms with Crippen LogP contribution in [0.1, 0.15) is 21.6 Å². The second-order valence-corrected chi connectivity index (χ2v) is 7.39. The van der Waals surface area contributed by atoms with Gasteiger partial charge in [0.2, 0.25) is 0 Å². The average Bonchev–Trinajstić information content (AvgIpc) is 2.99. The molecule has 3 heterocycles. The first-order valence-electron chi connectivity index (χ1n) is 8.21. The molecule has 0 atom stereocenters. The molecule has 0 saturated carbocycles. The molecule has 1 aromatic carbocycles. The Kier molecular flexibility index (Phi) is 4.46. The largest absolute Gasteiger partial charge is 0.356 e. The van der Waals surface area contributed by atoms with Crippen molar-refractivity contribution in [2.75, 3.05) is 11.9 Å². The summed E-state index contributed by atoms with van der Waals surface area (Å²) in [6.45, 7) is 2.57. The molecule has 3 aromatic rings. The third-order valence-electron chi connectivity index (χ3n) is 4.53. The summed E-state index contributed by atoms with van der Waals surface area (Å²) >= 11 is 9.82. The van der Waals surface area contributed by atoms with Crippen molar-refractivity contribution in [1.82, 2.24) is 15.3 Å². The van der Waals surface area contributed by atoms with Crippen molar-refractivity contribution in [3.63, 3.8) is 0 Å². The Morgan fingerprint density at radius 1 is 1.31 bits per heavy atom. The number of H-pyrrole nitrogens is 1. The van der Waals surface area contributed by atoms with Gasteiger partial charge in [-0.05, 0) is 46.6 Å². The van der Waals surface area contributed by atoms with Gasteiger partial charge >= 0.3 is 0 Å². The van der Waals surface area contributed by atoms with Gasteiger partial charge in [-0.25, -0.2) is 0 Å². The molecule has 4 rings (SSSR count). The van der Waals surface area contributed by atoms with Gasteiger partial charge in [0.1, 0.15) is 0 Å². The standard InChI is InChI=1S/C19H16BrClN4O/c1-10-13(21)3-2-4-14(10)24-18-16-15(6-8-23-19(16)26)25-17(18)11-5-7-22-9-12(11)20/h2-5,7,9,24-25H,6,8H2,1H3,(H,23,26). The van der Waals surface area contributed by atoms with E-state index in [1.807, 2.05) is 31.2 Å². The molecule has 3 N–H and O–H groups in total. The minimum atomic E-state index is -0.0823. The molecular weight excluding hydrogens is 416 g/mol. The monoisotopic (exact) mass is 430 g/mol. The van der Waals surface area contributed by atoms with Gasteiger partial charge in [-0.2, -0.15) is 0 Å². The summed E-state index contributed by atoms with van der Waals surface area (Å²) in [6, 6.07) is 7.60. The van der Waals surface area contributed by atoms with E-state index in [9.17, 15) is 4.79 Å². The maximum atomic E-state index is 12.6. The molecule has 26 heavy (non-hydrogen) atoms. The van der Waals surface area contributed by atoms with E-state index >= 15 is 0 Å². The first-order valence-corrected chi connectivity index (χ1v) is 9.38. The van der Waals surface area contributed by atoms with Crippen LogP contribution in [0.15, 0.2) is 41.1 Å². The number of aromatic amines is 1. The maximum absolute atomic E-state index is 12.6. The third-order valence-corrected chi connectivity index (χ3v) is 5.58. The van der Waals surface area contributed by atoms with E-state index in [1.54, 1.807) is 12.4 Å². The summed E-state index contributed by atoms with van der Waals surface area (Å²) in [5.74, 6) is -0.0823. The summed E-state index contributed by atoms with van der Waals surface area (Å²) in [5, 5.41) is 7.03. The van der Waals surface area contributed by atoms with E-state index in [-0.39, 0.29) is 5.91 Å². The number of nitrogens with zero attached hydrogens (tertiary/aromatic N) is 1. The SMILES string of the molecule is Cc1c(Cl)cccc1Nc1c(-c2ccncc2Br)[nH]c2c1C(=O)NCC2. The van der Waals surface area contributed by atoms with Gasteiger partial charge in [0, 0.05) is 51.8 Å². The van der Waals surface area contributed by atoms with Gasteiger partial charge in [0.15, 0.2) is 0 Å². The number of carbonyl (C=O) groups is 1. The van der Waals surface area contributed by atoms with Gasteiger partial charge in [-0.3, -0.25) is 9.78 Å². The summed E-state index contributed by atoms with van der Waals surface area (Å²) in [6.07, 6.45) is 4.23. The summed E-state index contributed by atoms with van der Waals surface area (Å²) in [4.78, 5) is 20.1. The number of nitrogens with one attached hydrogen (secondary N) is 3. The van der Waals surface area contributed by atoms with Crippen molar-refractivity contribution in [2.24, 2.45) is 0 Å². The van der Waals surface area contributed by atoms with Crippen molar-refractivity contribution in [3.8, 4) is 11.3 Å². The maximum Gasteiger partial charge on any atom is 0.255 e. The van der Waals surface area contributed by atoms with Gasteiger partial charge in [0.05, 0.1) is 16.9 Å². The van der Waals surface area contributed by atoms with Crippen LogP contribution >= 0.6 is 27.5 Å². The number of amides is 1. The topological polar surface area (TPSA) is 69.8 Å². The van der Waals surface area contributed by atoms with Crippen molar-refractivity contribution < 1.29 is 4.79 Å². The minimum absolute atomic E-state index is 0.0823. The summed E-state index contributed by atoms with van der Waals surface area (Å²) < 4.78 is 0.852. The van der Waals surface area contributed by atoms with Gasteiger partial charge in [0.25, 0.3) is 5.91 Å². The van der Waals surface area contributed by atoms with E-state index in [4.69, 9.17) is 11.6 Å². The molecule has 0 saturated heterocycles. The van der Waals surface area contributed by atoms with E-state index in [2.05, 4.69) is 36.5 Å². The highest BCUT2D eigenvalue weighted by Gasteiger charge is 2.27. The number of rotatable bonds is 3. The number of hydrogen-bond donors (Lipinski definition) is 3. The molecule has 5 nitrogen and oxygen atoms in total. The molecule has 1 aliphatic rings. The Bertz CT molecular complexity index is 1010. The predicted molar refractivity (Wildman–Crippen MR) is 107 cm³/mol.